The van der Waals surface area contributed by atoms with E-state index >= 15 is 0 Å². The first kappa shape index (κ1) is 21.5. The van der Waals surface area contributed by atoms with Crippen molar-refractivity contribution in [3.63, 3.8) is 0 Å². The summed E-state index contributed by atoms with van der Waals surface area (Å²) < 4.78 is 27.2. The standard InChI is InChI=1S/C23H30N2O3S/c1-16(2)21-7-5-6-18(4)22(21)24-23(26)19-12-14-25(15-13-19)29(27,28)20-10-8-17(3)9-11-20/h5-11,16,19H,12-15H2,1-4H3,(H,24,26). The van der Waals surface area contributed by atoms with Gasteiger partial charge in [-0.2, -0.15) is 4.31 Å². The molecule has 2 aromatic rings. The number of carbonyl (C=O) groups excluding carboxylic acids is 1. The average molecular weight is 415 g/mol. The summed E-state index contributed by atoms with van der Waals surface area (Å²) in [6.07, 6.45) is 1.06. The summed E-state index contributed by atoms with van der Waals surface area (Å²) in [5, 5.41) is 3.11. The molecule has 29 heavy (non-hydrogen) atoms. The van der Waals surface area contributed by atoms with E-state index < -0.39 is 10.0 Å². The van der Waals surface area contributed by atoms with Gasteiger partial charge in [0.2, 0.25) is 15.9 Å². The van der Waals surface area contributed by atoms with Gasteiger partial charge in [0.25, 0.3) is 0 Å². The molecule has 1 saturated heterocycles. The molecular formula is C23H30N2O3S. The smallest absolute Gasteiger partial charge is 0.243 e. The average Bonchev–Trinajstić information content (AvgIpc) is 2.69. The van der Waals surface area contributed by atoms with Crippen LogP contribution in [0, 0.1) is 19.8 Å². The van der Waals surface area contributed by atoms with Crippen molar-refractivity contribution in [3.8, 4) is 0 Å². The van der Waals surface area contributed by atoms with E-state index in [2.05, 4.69) is 19.2 Å². The maximum atomic E-state index is 12.9. The van der Waals surface area contributed by atoms with Gasteiger partial charge in [-0.25, -0.2) is 8.42 Å². The fourth-order valence-corrected chi connectivity index (χ4v) is 5.25. The quantitative estimate of drug-likeness (QED) is 0.785. The third kappa shape index (κ3) is 4.70. The Morgan fingerprint density at radius 2 is 1.66 bits per heavy atom. The molecule has 0 unspecified atom stereocenters. The third-order valence-corrected chi connectivity index (χ3v) is 7.57. The van der Waals surface area contributed by atoms with Gasteiger partial charge in [-0.05, 0) is 55.9 Å². The number of anilines is 1. The normalized spacial score (nSPS) is 16.2. The van der Waals surface area contributed by atoms with Crippen molar-refractivity contribution in [1.29, 1.82) is 0 Å². The lowest BCUT2D eigenvalue weighted by molar-refractivity contribution is -0.120. The first-order valence-corrected chi connectivity index (χ1v) is 11.6. The minimum atomic E-state index is -3.51. The molecule has 2 aromatic carbocycles. The molecule has 0 aromatic heterocycles. The first-order valence-electron chi connectivity index (χ1n) is 10.2. The molecule has 5 nitrogen and oxygen atoms in total. The molecule has 0 radical (unpaired) electrons. The van der Waals surface area contributed by atoms with Gasteiger partial charge in [0, 0.05) is 24.7 Å². The van der Waals surface area contributed by atoms with Gasteiger partial charge in [0.05, 0.1) is 4.90 Å². The number of hydrogen-bond donors (Lipinski definition) is 1. The summed E-state index contributed by atoms with van der Waals surface area (Å²) >= 11 is 0. The highest BCUT2D eigenvalue weighted by Crippen LogP contribution is 2.30. The van der Waals surface area contributed by atoms with E-state index in [4.69, 9.17) is 0 Å². The molecule has 0 spiro atoms. The number of para-hydroxylation sites is 1. The van der Waals surface area contributed by atoms with Crippen molar-refractivity contribution >= 4 is 21.6 Å². The van der Waals surface area contributed by atoms with Gasteiger partial charge < -0.3 is 5.32 Å². The molecule has 0 saturated carbocycles. The van der Waals surface area contributed by atoms with Gasteiger partial charge >= 0.3 is 0 Å². The number of carbonyl (C=O) groups is 1. The second-order valence-electron chi connectivity index (χ2n) is 8.17. The van der Waals surface area contributed by atoms with Crippen LogP contribution >= 0.6 is 0 Å². The molecule has 3 rings (SSSR count). The molecule has 6 heteroatoms. The fourth-order valence-electron chi connectivity index (χ4n) is 3.79. The van der Waals surface area contributed by atoms with Crippen LogP contribution in [0.25, 0.3) is 0 Å². The van der Waals surface area contributed by atoms with E-state index in [1.54, 1.807) is 12.1 Å². The summed E-state index contributed by atoms with van der Waals surface area (Å²) in [5.41, 5.74) is 4.08. The number of aryl methyl sites for hydroxylation is 2. The van der Waals surface area contributed by atoms with Crippen LogP contribution in [0.4, 0.5) is 5.69 Å². The topological polar surface area (TPSA) is 66.5 Å². The molecular weight excluding hydrogens is 384 g/mol. The summed E-state index contributed by atoms with van der Waals surface area (Å²) in [6.45, 7) is 8.87. The molecule has 1 amide bonds. The van der Waals surface area contributed by atoms with Gasteiger partial charge in [-0.15, -0.1) is 0 Å². The summed E-state index contributed by atoms with van der Waals surface area (Å²) in [7, 11) is -3.51. The van der Waals surface area contributed by atoms with Crippen LogP contribution in [-0.2, 0) is 14.8 Å². The van der Waals surface area contributed by atoms with Crippen molar-refractivity contribution in [2.24, 2.45) is 5.92 Å². The number of amides is 1. The molecule has 1 heterocycles. The molecule has 0 atom stereocenters. The zero-order chi connectivity index (χ0) is 21.2. The molecule has 1 aliphatic heterocycles. The Bertz CT molecular complexity index is 974. The lowest BCUT2D eigenvalue weighted by Gasteiger charge is -2.31. The highest BCUT2D eigenvalue weighted by atomic mass is 32.2. The fraction of sp³-hybridized carbons (Fsp3) is 0.435. The lowest BCUT2D eigenvalue weighted by Crippen LogP contribution is -2.41. The second kappa shape index (κ2) is 8.67. The Kier molecular flexibility index (Phi) is 6.44. The SMILES string of the molecule is Cc1ccc(S(=O)(=O)N2CCC(C(=O)Nc3c(C)cccc3C(C)C)CC2)cc1. The summed E-state index contributed by atoms with van der Waals surface area (Å²) in [5.74, 6) is 0.111. The molecule has 1 fully saturated rings. The van der Waals surface area contributed by atoms with Gasteiger partial charge in [0.1, 0.15) is 0 Å². The second-order valence-corrected chi connectivity index (χ2v) is 10.1. The van der Waals surface area contributed by atoms with E-state index in [0.29, 0.717) is 36.7 Å². The maximum absolute atomic E-state index is 12.9. The number of nitrogens with one attached hydrogen (secondary N) is 1. The van der Waals surface area contributed by atoms with Crippen molar-refractivity contribution in [1.82, 2.24) is 4.31 Å². The van der Waals surface area contributed by atoms with Crippen LogP contribution in [0.15, 0.2) is 47.4 Å². The minimum absolute atomic E-state index is 0.0198. The first-order chi connectivity index (χ1) is 13.7. The Hall–Kier alpha value is -2.18. The highest BCUT2D eigenvalue weighted by Gasteiger charge is 2.32. The molecule has 1 N–H and O–H groups in total. The Morgan fingerprint density at radius 1 is 1.03 bits per heavy atom. The summed E-state index contributed by atoms with van der Waals surface area (Å²) in [6, 6.07) is 13.0. The van der Waals surface area contributed by atoms with Gasteiger partial charge in [-0.1, -0.05) is 49.7 Å². The zero-order valence-electron chi connectivity index (χ0n) is 17.6. The summed E-state index contributed by atoms with van der Waals surface area (Å²) in [4.78, 5) is 13.2. The lowest BCUT2D eigenvalue weighted by atomic mass is 9.95. The Balaban J connectivity index is 1.67. The van der Waals surface area contributed by atoms with Crippen molar-refractivity contribution in [2.45, 2.75) is 51.3 Å². The third-order valence-electron chi connectivity index (χ3n) is 5.66. The maximum Gasteiger partial charge on any atom is 0.243 e. The van der Waals surface area contributed by atoms with Crippen molar-refractivity contribution < 1.29 is 13.2 Å². The number of benzene rings is 2. The monoisotopic (exact) mass is 414 g/mol. The van der Waals surface area contributed by atoms with Gasteiger partial charge in [0.15, 0.2) is 0 Å². The van der Waals surface area contributed by atoms with E-state index in [1.165, 1.54) is 4.31 Å². The Morgan fingerprint density at radius 3 is 2.24 bits per heavy atom. The van der Waals surface area contributed by atoms with Gasteiger partial charge in [-0.3, -0.25) is 4.79 Å². The number of hydrogen-bond acceptors (Lipinski definition) is 3. The van der Waals surface area contributed by atoms with Crippen molar-refractivity contribution in [3.05, 3.63) is 59.2 Å². The molecule has 0 aliphatic carbocycles. The molecule has 156 valence electrons. The molecule has 0 bridgehead atoms. The number of nitrogens with zero attached hydrogens (tertiary/aromatic N) is 1. The predicted molar refractivity (Wildman–Crippen MR) is 117 cm³/mol. The number of piperidine rings is 1. The van der Waals surface area contributed by atoms with Crippen LogP contribution < -0.4 is 5.32 Å². The number of rotatable bonds is 5. The molecule has 1 aliphatic rings. The van der Waals surface area contributed by atoms with Crippen LogP contribution in [0.5, 0.6) is 0 Å². The predicted octanol–water partition coefficient (Wildman–Crippen LogP) is 4.47. The van der Waals surface area contributed by atoms with E-state index in [-0.39, 0.29) is 11.8 Å². The Labute approximate surface area is 174 Å². The van der Waals surface area contributed by atoms with E-state index in [0.717, 1.165) is 22.4 Å². The van der Waals surface area contributed by atoms with E-state index in [9.17, 15) is 13.2 Å². The highest BCUT2D eigenvalue weighted by molar-refractivity contribution is 7.89. The van der Waals surface area contributed by atoms with Crippen LogP contribution in [-0.4, -0.2) is 31.7 Å². The van der Waals surface area contributed by atoms with Crippen molar-refractivity contribution in [2.75, 3.05) is 18.4 Å². The van der Waals surface area contributed by atoms with E-state index in [1.807, 2.05) is 44.2 Å². The van der Waals surface area contributed by atoms with Crippen LogP contribution in [0.2, 0.25) is 0 Å². The number of sulfonamides is 1. The zero-order valence-corrected chi connectivity index (χ0v) is 18.4. The van der Waals surface area contributed by atoms with Crippen LogP contribution in [0.1, 0.15) is 49.3 Å². The van der Waals surface area contributed by atoms with Crippen LogP contribution in [0.3, 0.4) is 0 Å². The minimum Gasteiger partial charge on any atom is -0.325 e. The largest absolute Gasteiger partial charge is 0.325 e.